The van der Waals surface area contributed by atoms with Crippen LogP contribution in [0.5, 0.6) is 0 Å². The van der Waals surface area contributed by atoms with Gasteiger partial charge in [0.2, 0.25) is 0 Å². The van der Waals surface area contributed by atoms with Crippen molar-refractivity contribution >= 4 is 5.71 Å². The van der Waals surface area contributed by atoms with Gasteiger partial charge in [0.25, 0.3) is 0 Å². The molecule has 2 nitrogen and oxygen atoms in total. The van der Waals surface area contributed by atoms with E-state index >= 15 is 0 Å². The Labute approximate surface area is 92.4 Å². The number of nitrogens with zero attached hydrogens (tertiary/aromatic N) is 1. The highest BCUT2D eigenvalue weighted by atomic mass is 15.0. The first kappa shape index (κ1) is 11.9. The zero-order valence-electron chi connectivity index (χ0n) is 9.88. The first-order valence-electron chi connectivity index (χ1n) is 5.59. The lowest BCUT2D eigenvalue weighted by atomic mass is 10.0. The van der Waals surface area contributed by atoms with E-state index in [-0.39, 0.29) is 0 Å². The third-order valence-electron chi connectivity index (χ3n) is 2.43. The Hall–Kier alpha value is -1.15. The molecule has 0 saturated carbocycles. The van der Waals surface area contributed by atoms with Gasteiger partial charge in [0.15, 0.2) is 0 Å². The molecule has 0 fully saturated rings. The van der Waals surface area contributed by atoms with E-state index < -0.39 is 0 Å². The summed E-state index contributed by atoms with van der Waals surface area (Å²) in [5, 5.41) is 3.04. The number of aliphatic imine (C=N–C) groups is 1. The van der Waals surface area contributed by atoms with E-state index in [0.29, 0.717) is 6.67 Å². The minimum atomic E-state index is 0.694. The predicted octanol–water partition coefficient (Wildman–Crippen LogP) is 2.63. The zero-order valence-corrected chi connectivity index (χ0v) is 9.88. The monoisotopic (exact) mass is 204 g/mol. The third-order valence-corrected chi connectivity index (χ3v) is 2.43. The summed E-state index contributed by atoms with van der Waals surface area (Å²) in [6, 6.07) is 8.64. The lowest BCUT2D eigenvalue weighted by Crippen LogP contribution is -2.09. The van der Waals surface area contributed by atoms with Gasteiger partial charge in [-0.25, -0.2) is 0 Å². The highest BCUT2D eigenvalue weighted by Crippen LogP contribution is 2.09. The molecule has 0 heterocycles. The minimum Gasteiger partial charge on any atom is -0.301 e. The van der Waals surface area contributed by atoms with Crippen LogP contribution in [0.15, 0.2) is 29.3 Å². The second-order valence-electron chi connectivity index (χ2n) is 3.52. The third kappa shape index (κ3) is 3.48. The first-order valence-corrected chi connectivity index (χ1v) is 5.59. The molecule has 1 rings (SSSR count). The molecule has 0 amide bonds. The molecule has 0 aliphatic carbocycles. The molecule has 0 atom stereocenters. The molecule has 1 aromatic rings. The van der Waals surface area contributed by atoms with Crippen LogP contribution in [0.3, 0.4) is 0 Å². The van der Waals surface area contributed by atoms with E-state index in [2.05, 4.69) is 48.4 Å². The molecule has 1 N–H and O–H groups in total. The normalized spacial score (nSPS) is 11.8. The van der Waals surface area contributed by atoms with Crippen LogP contribution in [0.4, 0.5) is 0 Å². The smallest absolute Gasteiger partial charge is 0.0885 e. The Morgan fingerprint density at radius 3 is 2.73 bits per heavy atom. The standard InChI is InChI=1S/C13H20N2/c1-4-11-7-6-8-12(9-11)13(5-2)15-10-14-3/h6-9,14H,4-5,10H2,1-3H3/b15-13+. The molecular formula is C13H20N2. The molecule has 0 aliphatic rings. The summed E-state index contributed by atoms with van der Waals surface area (Å²) in [7, 11) is 1.92. The van der Waals surface area contributed by atoms with Gasteiger partial charge in [-0.2, -0.15) is 0 Å². The molecule has 2 heteroatoms. The van der Waals surface area contributed by atoms with Crippen molar-refractivity contribution in [2.45, 2.75) is 26.7 Å². The summed E-state index contributed by atoms with van der Waals surface area (Å²) >= 11 is 0. The van der Waals surface area contributed by atoms with Crippen molar-refractivity contribution in [1.29, 1.82) is 0 Å². The van der Waals surface area contributed by atoms with E-state index in [1.54, 1.807) is 0 Å². The second-order valence-corrected chi connectivity index (χ2v) is 3.52. The molecule has 0 unspecified atom stereocenters. The molecule has 0 aromatic heterocycles. The summed E-state index contributed by atoms with van der Waals surface area (Å²) in [6.07, 6.45) is 2.06. The maximum absolute atomic E-state index is 4.51. The number of hydrogen-bond donors (Lipinski definition) is 1. The van der Waals surface area contributed by atoms with Gasteiger partial charge in [0.1, 0.15) is 0 Å². The Balaban J connectivity index is 2.91. The van der Waals surface area contributed by atoms with Crippen LogP contribution < -0.4 is 5.32 Å². The van der Waals surface area contributed by atoms with Crippen LogP contribution in [-0.4, -0.2) is 19.4 Å². The molecular weight excluding hydrogens is 184 g/mol. The molecule has 1 aromatic carbocycles. The van der Waals surface area contributed by atoms with Crippen molar-refractivity contribution in [3.63, 3.8) is 0 Å². The van der Waals surface area contributed by atoms with Crippen molar-refractivity contribution in [3.8, 4) is 0 Å². The van der Waals surface area contributed by atoms with Crippen LogP contribution in [-0.2, 0) is 6.42 Å². The summed E-state index contributed by atoms with van der Waals surface area (Å²) in [5.74, 6) is 0. The summed E-state index contributed by atoms with van der Waals surface area (Å²) in [6.45, 7) is 5.02. The van der Waals surface area contributed by atoms with Crippen molar-refractivity contribution in [2.24, 2.45) is 4.99 Å². The lowest BCUT2D eigenvalue weighted by molar-refractivity contribution is 0.831. The Kier molecular flexibility index (Phi) is 5.05. The SMILES string of the molecule is CC/C(=N\CNC)c1cccc(CC)c1. The topological polar surface area (TPSA) is 24.4 Å². The van der Waals surface area contributed by atoms with Gasteiger partial charge in [-0.3, -0.25) is 4.99 Å². The minimum absolute atomic E-state index is 0.694. The molecule has 0 spiro atoms. The number of aryl methyl sites for hydroxylation is 1. The molecule has 0 radical (unpaired) electrons. The Morgan fingerprint density at radius 1 is 1.33 bits per heavy atom. The summed E-state index contributed by atoms with van der Waals surface area (Å²) in [5.41, 5.74) is 3.81. The highest BCUT2D eigenvalue weighted by Gasteiger charge is 2.00. The van der Waals surface area contributed by atoms with Gasteiger partial charge in [0.05, 0.1) is 6.67 Å². The molecule has 0 saturated heterocycles. The first-order chi connectivity index (χ1) is 7.31. The number of nitrogens with one attached hydrogen (secondary N) is 1. The largest absolute Gasteiger partial charge is 0.301 e. The number of rotatable bonds is 5. The average Bonchev–Trinajstić information content (AvgIpc) is 2.30. The maximum atomic E-state index is 4.51. The summed E-state index contributed by atoms with van der Waals surface area (Å²) < 4.78 is 0. The fraction of sp³-hybridized carbons (Fsp3) is 0.462. The van der Waals surface area contributed by atoms with Crippen molar-refractivity contribution < 1.29 is 0 Å². The van der Waals surface area contributed by atoms with Crippen LogP contribution in [0.1, 0.15) is 31.4 Å². The van der Waals surface area contributed by atoms with Crippen molar-refractivity contribution in [3.05, 3.63) is 35.4 Å². The molecule has 15 heavy (non-hydrogen) atoms. The van der Waals surface area contributed by atoms with Gasteiger partial charge in [-0.1, -0.05) is 32.0 Å². The van der Waals surface area contributed by atoms with Gasteiger partial charge < -0.3 is 5.32 Å². The average molecular weight is 204 g/mol. The van der Waals surface area contributed by atoms with Crippen molar-refractivity contribution in [2.75, 3.05) is 13.7 Å². The predicted molar refractivity (Wildman–Crippen MR) is 66.6 cm³/mol. The quantitative estimate of drug-likeness (QED) is 0.733. The van der Waals surface area contributed by atoms with Gasteiger partial charge in [0, 0.05) is 5.71 Å². The zero-order chi connectivity index (χ0) is 11.1. The van der Waals surface area contributed by atoms with Crippen LogP contribution in [0, 0.1) is 0 Å². The van der Waals surface area contributed by atoms with Gasteiger partial charge >= 0.3 is 0 Å². The van der Waals surface area contributed by atoms with E-state index in [9.17, 15) is 0 Å². The lowest BCUT2D eigenvalue weighted by Gasteiger charge is -2.06. The number of benzene rings is 1. The van der Waals surface area contributed by atoms with Gasteiger partial charge in [-0.15, -0.1) is 0 Å². The van der Waals surface area contributed by atoms with Crippen LogP contribution in [0.2, 0.25) is 0 Å². The fourth-order valence-corrected chi connectivity index (χ4v) is 1.55. The van der Waals surface area contributed by atoms with Crippen molar-refractivity contribution in [1.82, 2.24) is 5.32 Å². The Bertz CT molecular complexity index is 329. The maximum Gasteiger partial charge on any atom is 0.0885 e. The van der Waals surface area contributed by atoms with Crippen LogP contribution in [0.25, 0.3) is 0 Å². The second kappa shape index (κ2) is 6.36. The van der Waals surface area contributed by atoms with E-state index in [1.165, 1.54) is 16.8 Å². The van der Waals surface area contributed by atoms with E-state index in [4.69, 9.17) is 0 Å². The summed E-state index contributed by atoms with van der Waals surface area (Å²) in [4.78, 5) is 4.51. The number of hydrogen-bond acceptors (Lipinski definition) is 2. The molecule has 0 bridgehead atoms. The fourth-order valence-electron chi connectivity index (χ4n) is 1.55. The van der Waals surface area contributed by atoms with Crippen LogP contribution >= 0.6 is 0 Å². The molecule has 0 aliphatic heterocycles. The highest BCUT2D eigenvalue weighted by molar-refractivity contribution is 6.00. The Morgan fingerprint density at radius 2 is 2.13 bits per heavy atom. The van der Waals surface area contributed by atoms with E-state index in [1.807, 2.05) is 7.05 Å². The molecule has 82 valence electrons. The van der Waals surface area contributed by atoms with E-state index in [0.717, 1.165) is 12.8 Å². The van der Waals surface area contributed by atoms with Gasteiger partial charge in [-0.05, 0) is 37.1 Å².